The third-order valence-corrected chi connectivity index (χ3v) is 5.01. The summed E-state index contributed by atoms with van der Waals surface area (Å²) in [5.41, 5.74) is 19.2. The first-order valence-corrected chi connectivity index (χ1v) is 9.53. The smallest absolute Gasteiger partial charge is 0.340 e. The van der Waals surface area contributed by atoms with Gasteiger partial charge in [0, 0.05) is 15.4 Å². The molecule has 0 aromatic heterocycles. The SMILES string of the molecule is [N-]=[N+]=N[C@@H]1[C@@H](OC(=O)c2ccccc2)O[C@@H]2COC(c3ccccc3)O[C@H]2[C@@H]1N=[N+]=[N-]. The second-order valence-corrected chi connectivity index (χ2v) is 6.88. The van der Waals surface area contributed by atoms with Crippen LogP contribution in [-0.4, -0.2) is 43.2 Å². The van der Waals surface area contributed by atoms with Crippen molar-refractivity contribution in [3.8, 4) is 0 Å². The highest BCUT2D eigenvalue weighted by Crippen LogP contribution is 2.37. The van der Waals surface area contributed by atoms with Gasteiger partial charge in [-0.05, 0) is 23.2 Å². The number of benzene rings is 2. The zero-order valence-corrected chi connectivity index (χ0v) is 16.2. The fraction of sp³-hybridized carbons (Fsp3) is 0.350. The lowest BCUT2D eigenvalue weighted by Gasteiger charge is -2.46. The van der Waals surface area contributed by atoms with Crippen molar-refractivity contribution < 1.29 is 23.7 Å². The average Bonchev–Trinajstić information content (AvgIpc) is 2.82. The Morgan fingerprint density at radius 1 is 0.935 bits per heavy atom. The molecule has 4 rings (SSSR count). The Hall–Kier alpha value is -3.59. The van der Waals surface area contributed by atoms with Gasteiger partial charge in [-0.3, -0.25) is 0 Å². The summed E-state index contributed by atoms with van der Waals surface area (Å²) < 4.78 is 23.1. The molecule has 0 saturated carbocycles. The molecule has 0 bridgehead atoms. The lowest BCUT2D eigenvalue weighted by Crippen LogP contribution is -2.61. The van der Waals surface area contributed by atoms with Crippen molar-refractivity contribution in [3.63, 3.8) is 0 Å². The number of hydrogen-bond donors (Lipinski definition) is 0. The van der Waals surface area contributed by atoms with Crippen LogP contribution >= 0.6 is 0 Å². The van der Waals surface area contributed by atoms with Crippen molar-refractivity contribution in [1.82, 2.24) is 0 Å². The van der Waals surface area contributed by atoms with Gasteiger partial charge in [-0.15, -0.1) is 0 Å². The molecule has 6 atom stereocenters. The maximum absolute atomic E-state index is 12.5. The highest BCUT2D eigenvalue weighted by Gasteiger charge is 2.50. The first-order valence-electron chi connectivity index (χ1n) is 9.53. The Morgan fingerprint density at radius 2 is 1.58 bits per heavy atom. The number of azide groups is 2. The van der Waals surface area contributed by atoms with Crippen LogP contribution in [0.25, 0.3) is 20.9 Å². The molecular formula is C20H18N6O5. The first kappa shape index (κ1) is 20.7. The van der Waals surface area contributed by atoms with Crippen molar-refractivity contribution in [1.29, 1.82) is 0 Å². The molecule has 1 unspecified atom stereocenters. The number of ether oxygens (including phenoxy) is 4. The van der Waals surface area contributed by atoms with Gasteiger partial charge in [-0.2, -0.15) is 0 Å². The van der Waals surface area contributed by atoms with E-state index in [1.165, 1.54) is 0 Å². The Kier molecular flexibility index (Phi) is 6.32. The zero-order valence-electron chi connectivity index (χ0n) is 16.2. The maximum Gasteiger partial charge on any atom is 0.340 e. The topological polar surface area (TPSA) is 152 Å². The number of carbonyl (C=O) groups excluding carboxylic acids is 1. The molecule has 2 aliphatic heterocycles. The third-order valence-electron chi connectivity index (χ3n) is 5.01. The summed E-state index contributed by atoms with van der Waals surface area (Å²) in [5.74, 6) is -0.665. The van der Waals surface area contributed by atoms with E-state index in [-0.39, 0.29) is 6.61 Å². The molecule has 158 valence electrons. The van der Waals surface area contributed by atoms with Gasteiger partial charge >= 0.3 is 5.97 Å². The van der Waals surface area contributed by atoms with Crippen LogP contribution in [-0.2, 0) is 18.9 Å². The molecule has 2 fully saturated rings. The van der Waals surface area contributed by atoms with Gasteiger partial charge in [0.15, 0.2) is 6.29 Å². The lowest BCUT2D eigenvalue weighted by molar-refractivity contribution is -0.316. The van der Waals surface area contributed by atoms with E-state index in [2.05, 4.69) is 20.1 Å². The van der Waals surface area contributed by atoms with Gasteiger partial charge in [0.2, 0.25) is 6.29 Å². The Labute approximate surface area is 176 Å². The average molecular weight is 422 g/mol. The first-order chi connectivity index (χ1) is 15.2. The van der Waals surface area contributed by atoms with Gasteiger partial charge in [-0.1, -0.05) is 58.8 Å². The quantitative estimate of drug-likeness (QED) is 0.308. The van der Waals surface area contributed by atoms with Gasteiger partial charge < -0.3 is 18.9 Å². The Bertz CT molecular complexity index is 1010. The molecule has 11 heteroatoms. The molecule has 2 aromatic rings. The van der Waals surface area contributed by atoms with E-state index in [1.54, 1.807) is 30.3 Å². The summed E-state index contributed by atoms with van der Waals surface area (Å²) in [6, 6.07) is 15.5. The van der Waals surface area contributed by atoms with Crippen LogP contribution in [0.4, 0.5) is 0 Å². The van der Waals surface area contributed by atoms with Crippen molar-refractivity contribution in [2.45, 2.75) is 36.9 Å². The summed E-state index contributed by atoms with van der Waals surface area (Å²) in [4.78, 5) is 18.2. The minimum Gasteiger partial charge on any atom is -0.432 e. The second kappa shape index (κ2) is 9.48. The van der Waals surface area contributed by atoms with Crippen LogP contribution in [0.3, 0.4) is 0 Å². The Morgan fingerprint density at radius 3 is 2.26 bits per heavy atom. The van der Waals surface area contributed by atoms with Crippen molar-refractivity contribution in [2.75, 3.05) is 6.61 Å². The molecule has 31 heavy (non-hydrogen) atoms. The Balaban J connectivity index is 1.59. The van der Waals surface area contributed by atoms with E-state index in [1.807, 2.05) is 30.3 Å². The molecule has 0 radical (unpaired) electrons. The fourth-order valence-electron chi connectivity index (χ4n) is 3.58. The zero-order chi connectivity index (χ0) is 21.6. The number of fused-ring (bicyclic) bond motifs is 1. The van der Waals surface area contributed by atoms with Crippen molar-refractivity contribution >= 4 is 5.97 Å². The summed E-state index contributed by atoms with van der Waals surface area (Å²) >= 11 is 0. The molecule has 0 amide bonds. The number of rotatable bonds is 5. The minimum atomic E-state index is -1.28. The molecule has 2 aromatic carbocycles. The van der Waals surface area contributed by atoms with Crippen LogP contribution in [0.1, 0.15) is 22.2 Å². The van der Waals surface area contributed by atoms with Crippen LogP contribution < -0.4 is 0 Å². The van der Waals surface area contributed by atoms with E-state index in [0.717, 1.165) is 5.56 Å². The molecule has 0 aliphatic carbocycles. The predicted molar refractivity (Wildman–Crippen MR) is 106 cm³/mol. The van der Waals surface area contributed by atoms with E-state index >= 15 is 0 Å². The van der Waals surface area contributed by atoms with Crippen LogP contribution in [0.2, 0.25) is 0 Å². The van der Waals surface area contributed by atoms with Crippen LogP contribution in [0.5, 0.6) is 0 Å². The summed E-state index contributed by atoms with van der Waals surface area (Å²) in [5, 5.41) is 7.48. The minimum absolute atomic E-state index is 0.101. The summed E-state index contributed by atoms with van der Waals surface area (Å²) in [7, 11) is 0. The normalized spacial score (nSPS) is 29.5. The van der Waals surface area contributed by atoms with E-state index in [9.17, 15) is 4.79 Å². The van der Waals surface area contributed by atoms with Gasteiger partial charge in [0.1, 0.15) is 12.1 Å². The second-order valence-electron chi connectivity index (χ2n) is 6.88. The highest BCUT2D eigenvalue weighted by molar-refractivity contribution is 5.89. The molecule has 11 nitrogen and oxygen atoms in total. The molecule has 2 saturated heterocycles. The third kappa shape index (κ3) is 4.46. The van der Waals surface area contributed by atoms with Crippen molar-refractivity contribution in [2.24, 2.45) is 10.2 Å². The van der Waals surface area contributed by atoms with Gasteiger partial charge in [0.05, 0.1) is 24.3 Å². The number of esters is 1. The summed E-state index contributed by atoms with van der Waals surface area (Å²) in [6.07, 6.45) is -3.45. The molecule has 0 spiro atoms. The lowest BCUT2D eigenvalue weighted by atomic mass is 9.94. The number of carbonyl (C=O) groups is 1. The largest absolute Gasteiger partial charge is 0.432 e. The van der Waals surface area contributed by atoms with E-state index < -0.39 is 42.8 Å². The number of nitrogens with zero attached hydrogens (tertiary/aromatic N) is 6. The van der Waals surface area contributed by atoms with Crippen LogP contribution in [0.15, 0.2) is 70.9 Å². The number of hydrogen-bond acceptors (Lipinski definition) is 7. The van der Waals surface area contributed by atoms with Gasteiger partial charge in [-0.25, -0.2) is 4.79 Å². The molecule has 2 heterocycles. The maximum atomic E-state index is 12.5. The molecule has 0 N–H and O–H groups in total. The highest BCUT2D eigenvalue weighted by atomic mass is 16.7. The van der Waals surface area contributed by atoms with Crippen LogP contribution in [0, 0.1) is 0 Å². The van der Waals surface area contributed by atoms with E-state index in [4.69, 9.17) is 30.0 Å². The van der Waals surface area contributed by atoms with Gasteiger partial charge in [0.25, 0.3) is 0 Å². The predicted octanol–water partition coefficient (Wildman–Crippen LogP) is 4.04. The fourth-order valence-corrected chi connectivity index (χ4v) is 3.58. The standard InChI is InChI=1S/C20H18N6O5/c21-25-23-15-16(24-26-22)20(31-18(27)12-7-3-1-4-8-12)29-14-11-28-19(30-17(14)15)13-9-5-2-6-10-13/h1-10,14-17,19-20H,11H2/t14-,15-,16+,17-,19?,20-/m1/s1. The monoisotopic (exact) mass is 422 g/mol. The van der Waals surface area contributed by atoms with E-state index in [0.29, 0.717) is 5.56 Å². The van der Waals surface area contributed by atoms with Crippen molar-refractivity contribution in [3.05, 3.63) is 92.7 Å². The molecule has 2 aliphatic rings. The molecular weight excluding hydrogens is 404 g/mol. The summed E-state index contributed by atoms with van der Waals surface area (Å²) in [6.45, 7) is 0.101.